The smallest absolute Gasteiger partial charge is 0.416 e. The van der Waals surface area contributed by atoms with Crippen molar-refractivity contribution in [3.8, 4) is 28.4 Å². The zero-order valence-corrected chi connectivity index (χ0v) is 17.2. The van der Waals surface area contributed by atoms with Gasteiger partial charge in [0.05, 0.1) is 25.3 Å². The van der Waals surface area contributed by atoms with Crippen molar-refractivity contribution in [2.45, 2.75) is 19.3 Å². The maximum atomic E-state index is 13.4. The molecule has 3 nitrogen and oxygen atoms in total. The third-order valence-electron chi connectivity index (χ3n) is 4.95. The summed E-state index contributed by atoms with van der Waals surface area (Å²) < 4.78 is 90.6. The highest BCUT2D eigenvalue weighted by atomic mass is 19.4. The predicted molar refractivity (Wildman–Crippen MR) is 109 cm³/mol. The molecule has 9 heteroatoms. The standard InChI is InChI=1S/C23H18F6O3/c1-11(2)16-7-12-8-18(31-3)19(32-4)10-17(12)21(30)20(16)13-5-14(22(24,25)26)9-15(6-13)23(27,28)29/h5-10,30H,1H2,2-4H3. The molecule has 0 spiro atoms. The van der Waals surface area contributed by atoms with Gasteiger partial charge in [0.1, 0.15) is 5.75 Å². The maximum Gasteiger partial charge on any atom is 0.416 e. The van der Waals surface area contributed by atoms with Gasteiger partial charge in [0.25, 0.3) is 0 Å². The van der Waals surface area contributed by atoms with Gasteiger partial charge in [-0.05, 0) is 59.8 Å². The van der Waals surface area contributed by atoms with Crippen LogP contribution in [0.5, 0.6) is 17.2 Å². The number of hydrogen-bond acceptors (Lipinski definition) is 3. The molecule has 0 amide bonds. The Morgan fingerprint density at radius 1 is 0.812 bits per heavy atom. The molecule has 0 aromatic heterocycles. The number of fused-ring (bicyclic) bond motifs is 1. The number of aromatic hydroxyl groups is 1. The molecule has 1 N–H and O–H groups in total. The lowest BCUT2D eigenvalue weighted by Gasteiger charge is -2.19. The predicted octanol–water partition coefficient (Wildman–Crippen LogP) is 7.30. The van der Waals surface area contributed by atoms with Crippen LogP contribution in [0.15, 0.2) is 43.0 Å². The average molecular weight is 456 g/mol. The number of hydrogen-bond donors (Lipinski definition) is 1. The number of alkyl halides is 6. The van der Waals surface area contributed by atoms with Crippen molar-refractivity contribution >= 4 is 16.3 Å². The highest BCUT2D eigenvalue weighted by Gasteiger charge is 2.37. The van der Waals surface area contributed by atoms with Crippen molar-refractivity contribution in [3.63, 3.8) is 0 Å². The number of rotatable bonds is 4. The van der Waals surface area contributed by atoms with Crippen molar-refractivity contribution in [3.05, 3.63) is 59.7 Å². The minimum Gasteiger partial charge on any atom is -0.507 e. The first kappa shape index (κ1) is 23.3. The lowest BCUT2D eigenvalue weighted by atomic mass is 9.89. The molecular weight excluding hydrogens is 438 g/mol. The van der Waals surface area contributed by atoms with Crippen LogP contribution >= 0.6 is 0 Å². The Kier molecular flexibility index (Phi) is 5.80. The number of halogens is 6. The van der Waals surface area contributed by atoms with E-state index in [1.54, 1.807) is 0 Å². The Morgan fingerprint density at radius 3 is 1.75 bits per heavy atom. The number of allylic oxidation sites excluding steroid dienone is 1. The summed E-state index contributed by atoms with van der Waals surface area (Å²) >= 11 is 0. The molecule has 0 bridgehead atoms. The van der Waals surface area contributed by atoms with Gasteiger partial charge in [0.2, 0.25) is 0 Å². The Morgan fingerprint density at radius 2 is 1.31 bits per heavy atom. The minimum absolute atomic E-state index is 0.0376. The first-order chi connectivity index (χ1) is 14.8. The van der Waals surface area contributed by atoms with Crippen LogP contribution in [0.25, 0.3) is 27.5 Å². The van der Waals surface area contributed by atoms with Crippen molar-refractivity contribution in [1.29, 1.82) is 0 Å². The molecule has 3 aromatic carbocycles. The third kappa shape index (κ3) is 4.19. The van der Waals surface area contributed by atoms with Crippen molar-refractivity contribution < 1.29 is 40.9 Å². The number of phenols is 1. The molecule has 0 unspecified atom stereocenters. The number of ether oxygens (including phenoxy) is 2. The molecule has 0 aliphatic heterocycles. The molecule has 32 heavy (non-hydrogen) atoms. The van der Waals surface area contributed by atoms with E-state index < -0.39 is 34.8 Å². The Balaban J connectivity index is 2.45. The van der Waals surface area contributed by atoms with Crippen molar-refractivity contribution in [2.75, 3.05) is 14.2 Å². The zero-order valence-electron chi connectivity index (χ0n) is 17.2. The van der Waals surface area contributed by atoms with Gasteiger partial charge in [-0.25, -0.2) is 0 Å². The lowest BCUT2D eigenvalue weighted by Crippen LogP contribution is -2.11. The minimum atomic E-state index is -5.03. The fourth-order valence-electron chi connectivity index (χ4n) is 3.44. The largest absolute Gasteiger partial charge is 0.507 e. The fourth-order valence-corrected chi connectivity index (χ4v) is 3.44. The molecule has 0 saturated heterocycles. The van der Waals surface area contributed by atoms with Crippen LogP contribution in [0.2, 0.25) is 0 Å². The van der Waals surface area contributed by atoms with Crippen LogP contribution in [0, 0.1) is 0 Å². The number of methoxy groups -OCH3 is 2. The van der Waals surface area contributed by atoms with E-state index >= 15 is 0 Å². The van der Waals surface area contributed by atoms with Gasteiger partial charge in [0.15, 0.2) is 11.5 Å². The first-order valence-corrected chi connectivity index (χ1v) is 9.15. The quantitative estimate of drug-likeness (QED) is 0.419. The van der Waals surface area contributed by atoms with Gasteiger partial charge in [-0.1, -0.05) is 12.2 Å². The summed E-state index contributed by atoms with van der Waals surface area (Å²) in [6.45, 7) is 5.30. The Labute approximate surface area is 179 Å². The summed E-state index contributed by atoms with van der Waals surface area (Å²) in [6, 6.07) is 5.63. The van der Waals surface area contributed by atoms with Gasteiger partial charge in [-0.3, -0.25) is 0 Å². The SMILES string of the molecule is C=C(C)c1cc2cc(OC)c(OC)cc2c(O)c1-c1cc(C(F)(F)F)cc(C(F)(F)F)c1. The summed E-state index contributed by atoms with van der Waals surface area (Å²) in [5, 5.41) is 11.6. The van der Waals surface area contributed by atoms with Crippen LogP contribution in [-0.2, 0) is 12.4 Å². The topological polar surface area (TPSA) is 38.7 Å². The van der Waals surface area contributed by atoms with E-state index in [4.69, 9.17) is 9.47 Å². The summed E-state index contributed by atoms with van der Waals surface area (Å²) in [6.07, 6.45) is -10.1. The second-order valence-electron chi connectivity index (χ2n) is 7.15. The van der Waals surface area contributed by atoms with Crippen molar-refractivity contribution in [2.24, 2.45) is 0 Å². The van der Waals surface area contributed by atoms with Crippen LogP contribution in [-0.4, -0.2) is 19.3 Å². The third-order valence-corrected chi connectivity index (χ3v) is 4.95. The Hall–Kier alpha value is -3.36. The normalized spacial score (nSPS) is 12.2. The average Bonchev–Trinajstić information content (AvgIpc) is 2.70. The van der Waals surface area contributed by atoms with Gasteiger partial charge in [0, 0.05) is 10.9 Å². The molecule has 0 atom stereocenters. The molecule has 0 aliphatic carbocycles. The van der Waals surface area contributed by atoms with E-state index in [1.165, 1.54) is 39.3 Å². The van der Waals surface area contributed by atoms with Gasteiger partial charge >= 0.3 is 12.4 Å². The van der Waals surface area contributed by atoms with E-state index in [-0.39, 0.29) is 28.3 Å². The molecular formula is C23H18F6O3. The van der Waals surface area contributed by atoms with Gasteiger partial charge < -0.3 is 14.6 Å². The van der Waals surface area contributed by atoms with Crippen LogP contribution < -0.4 is 9.47 Å². The Bertz CT molecular complexity index is 1180. The zero-order chi connectivity index (χ0) is 24.0. The second kappa shape index (κ2) is 7.96. The van der Waals surface area contributed by atoms with Gasteiger partial charge in [-0.15, -0.1) is 0 Å². The van der Waals surface area contributed by atoms with E-state index in [9.17, 15) is 31.4 Å². The summed E-state index contributed by atoms with van der Waals surface area (Å²) in [5.41, 5.74) is -3.09. The van der Waals surface area contributed by atoms with E-state index in [0.29, 0.717) is 28.8 Å². The molecule has 170 valence electrons. The van der Waals surface area contributed by atoms with Gasteiger partial charge in [-0.2, -0.15) is 26.3 Å². The maximum absolute atomic E-state index is 13.4. The first-order valence-electron chi connectivity index (χ1n) is 9.15. The molecule has 0 fully saturated rings. The van der Waals surface area contributed by atoms with E-state index in [2.05, 4.69) is 6.58 Å². The summed E-state index contributed by atoms with van der Waals surface area (Å²) in [5.74, 6) is 0.0523. The highest BCUT2D eigenvalue weighted by molar-refractivity contribution is 6.01. The molecule has 3 aromatic rings. The number of benzene rings is 3. The van der Waals surface area contributed by atoms with Crippen LogP contribution in [0.1, 0.15) is 23.6 Å². The molecule has 0 heterocycles. The highest BCUT2D eigenvalue weighted by Crippen LogP contribution is 2.47. The number of phenolic OH excluding ortho intramolecular Hbond substituents is 1. The van der Waals surface area contributed by atoms with E-state index in [1.807, 2.05) is 0 Å². The van der Waals surface area contributed by atoms with Crippen LogP contribution in [0.3, 0.4) is 0 Å². The lowest BCUT2D eigenvalue weighted by molar-refractivity contribution is -0.143. The monoisotopic (exact) mass is 456 g/mol. The van der Waals surface area contributed by atoms with E-state index in [0.717, 1.165) is 0 Å². The molecule has 0 saturated carbocycles. The second-order valence-corrected chi connectivity index (χ2v) is 7.15. The summed E-state index contributed by atoms with van der Waals surface area (Å²) in [4.78, 5) is 0. The molecule has 3 rings (SSSR count). The molecule has 0 radical (unpaired) electrons. The molecule has 0 aliphatic rings. The summed E-state index contributed by atoms with van der Waals surface area (Å²) in [7, 11) is 2.76. The van der Waals surface area contributed by atoms with Crippen molar-refractivity contribution in [1.82, 2.24) is 0 Å². The fraction of sp³-hybridized carbons (Fsp3) is 0.217. The van der Waals surface area contributed by atoms with Crippen LogP contribution in [0.4, 0.5) is 26.3 Å².